The minimum atomic E-state index is 0.397. The largest absolute Gasteiger partial charge is 0.383 e. The minimum absolute atomic E-state index is 0.397. The summed E-state index contributed by atoms with van der Waals surface area (Å²) in [6, 6.07) is 4.03. The second-order valence-corrected chi connectivity index (χ2v) is 4.02. The second-order valence-electron chi connectivity index (χ2n) is 4.02. The van der Waals surface area contributed by atoms with Crippen LogP contribution in [0.5, 0.6) is 0 Å². The maximum absolute atomic E-state index is 8.92. The first-order valence-corrected chi connectivity index (χ1v) is 5.25. The van der Waals surface area contributed by atoms with E-state index < -0.39 is 0 Å². The van der Waals surface area contributed by atoms with Crippen molar-refractivity contribution in [3.63, 3.8) is 0 Å². The van der Waals surface area contributed by atoms with Gasteiger partial charge in [0, 0.05) is 12.7 Å². The molecule has 0 saturated carbocycles. The van der Waals surface area contributed by atoms with Gasteiger partial charge in [0.2, 0.25) is 0 Å². The van der Waals surface area contributed by atoms with Crippen LogP contribution >= 0.6 is 0 Å². The van der Waals surface area contributed by atoms with Gasteiger partial charge in [-0.1, -0.05) is 0 Å². The van der Waals surface area contributed by atoms with Crippen LogP contribution in [0.15, 0.2) is 6.07 Å². The van der Waals surface area contributed by atoms with Crippen molar-refractivity contribution in [2.75, 3.05) is 5.73 Å². The van der Waals surface area contributed by atoms with Crippen LogP contribution in [-0.4, -0.2) is 19.6 Å². The molecule has 0 bridgehead atoms. The van der Waals surface area contributed by atoms with Crippen LogP contribution in [-0.2, 0) is 13.6 Å². The number of nitrogen functional groups attached to an aromatic ring is 1. The molecular weight excluding hydrogens is 216 g/mol. The molecule has 0 atom stereocenters. The predicted octanol–water partition coefficient (Wildman–Crippen LogP) is 0.736. The smallest absolute Gasteiger partial charge is 0.140 e. The number of hydrogen-bond donors (Lipinski definition) is 1. The zero-order chi connectivity index (χ0) is 12.6. The molecule has 0 unspecified atom stereocenters. The number of rotatable bonds is 2. The molecule has 88 valence electrons. The van der Waals surface area contributed by atoms with Crippen LogP contribution < -0.4 is 5.73 Å². The van der Waals surface area contributed by atoms with Gasteiger partial charge < -0.3 is 5.73 Å². The summed E-state index contributed by atoms with van der Waals surface area (Å²) in [6.45, 7) is 4.24. The van der Waals surface area contributed by atoms with E-state index in [4.69, 9.17) is 11.0 Å². The number of hydrogen-bond acceptors (Lipinski definition) is 4. The monoisotopic (exact) mass is 230 g/mol. The Morgan fingerprint density at radius 3 is 2.59 bits per heavy atom. The molecule has 2 N–H and O–H groups in total. The third kappa shape index (κ3) is 1.87. The number of aryl methyl sites for hydroxylation is 3. The summed E-state index contributed by atoms with van der Waals surface area (Å²) in [6.07, 6.45) is 0. The third-order valence-corrected chi connectivity index (χ3v) is 2.75. The summed E-state index contributed by atoms with van der Waals surface area (Å²) in [7, 11) is 1.89. The van der Waals surface area contributed by atoms with Gasteiger partial charge >= 0.3 is 0 Å². The summed E-state index contributed by atoms with van der Waals surface area (Å²) >= 11 is 0. The van der Waals surface area contributed by atoms with Gasteiger partial charge in [0.05, 0.1) is 17.9 Å². The lowest BCUT2D eigenvalue weighted by Gasteiger charge is -2.00. The van der Waals surface area contributed by atoms with Gasteiger partial charge in [-0.25, -0.2) is 4.68 Å². The standard InChI is InChI=1S/C11H14N6/c1-7-4-9(15-16(7)3)6-17-11(13)10(5-12)8(2)14-17/h4H,6,13H2,1-3H3. The van der Waals surface area contributed by atoms with Gasteiger partial charge in [-0.15, -0.1) is 0 Å². The van der Waals surface area contributed by atoms with E-state index in [-0.39, 0.29) is 0 Å². The molecule has 0 amide bonds. The molecule has 2 aromatic rings. The van der Waals surface area contributed by atoms with Gasteiger partial charge in [-0.05, 0) is 19.9 Å². The Labute approximate surface area is 99.3 Å². The van der Waals surface area contributed by atoms with Crippen molar-refractivity contribution >= 4 is 5.82 Å². The Balaban J connectivity index is 2.34. The molecule has 0 aliphatic heterocycles. The van der Waals surface area contributed by atoms with E-state index >= 15 is 0 Å². The maximum atomic E-state index is 8.92. The molecule has 6 heteroatoms. The van der Waals surface area contributed by atoms with Gasteiger partial charge in [0.1, 0.15) is 17.5 Å². The molecule has 0 aliphatic carbocycles. The van der Waals surface area contributed by atoms with E-state index in [0.29, 0.717) is 23.6 Å². The highest BCUT2D eigenvalue weighted by Crippen LogP contribution is 2.16. The summed E-state index contributed by atoms with van der Waals surface area (Å²) in [5.41, 5.74) is 8.89. The molecule has 6 nitrogen and oxygen atoms in total. The molecule has 2 heterocycles. The molecule has 0 fully saturated rings. The SMILES string of the molecule is Cc1nn(Cc2cc(C)n(C)n2)c(N)c1C#N. The lowest BCUT2D eigenvalue weighted by Crippen LogP contribution is -2.07. The normalized spacial score (nSPS) is 10.5. The average Bonchev–Trinajstić information content (AvgIpc) is 2.70. The van der Waals surface area contributed by atoms with E-state index in [2.05, 4.69) is 16.3 Å². The van der Waals surface area contributed by atoms with Crippen LogP contribution in [0.4, 0.5) is 5.82 Å². The Bertz CT molecular complexity index is 579. The van der Waals surface area contributed by atoms with Crippen molar-refractivity contribution in [1.82, 2.24) is 19.6 Å². The molecule has 0 saturated heterocycles. The van der Waals surface area contributed by atoms with Crippen LogP contribution in [0.1, 0.15) is 22.6 Å². The van der Waals surface area contributed by atoms with Crippen molar-refractivity contribution in [2.24, 2.45) is 7.05 Å². The van der Waals surface area contributed by atoms with E-state index in [1.54, 1.807) is 16.3 Å². The molecule has 17 heavy (non-hydrogen) atoms. The number of nitrogens with two attached hydrogens (primary N) is 1. The highest BCUT2D eigenvalue weighted by molar-refractivity contribution is 5.51. The highest BCUT2D eigenvalue weighted by Gasteiger charge is 2.13. The van der Waals surface area contributed by atoms with Crippen molar-refractivity contribution in [3.05, 3.63) is 28.7 Å². The molecule has 0 spiro atoms. The molecular formula is C11H14N6. The summed E-state index contributed by atoms with van der Waals surface area (Å²) in [4.78, 5) is 0. The fourth-order valence-electron chi connectivity index (χ4n) is 1.72. The second kappa shape index (κ2) is 3.94. The Hall–Kier alpha value is -2.29. The van der Waals surface area contributed by atoms with Gasteiger partial charge in [-0.3, -0.25) is 4.68 Å². The van der Waals surface area contributed by atoms with Crippen LogP contribution in [0.2, 0.25) is 0 Å². The van der Waals surface area contributed by atoms with Crippen LogP contribution in [0.3, 0.4) is 0 Å². The first-order chi connectivity index (χ1) is 8.02. The zero-order valence-electron chi connectivity index (χ0n) is 10.1. The van der Waals surface area contributed by atoms with Gasteiger partial charge in [0.15, 0.2) is 0 Å². The third-order valence-electron chi connectivity index (χ3n) is 2.75. The summed E-state index contributed by atoms with van der Waals surface area (Å²) in [5.74, 6) is 0.397. The molecule has 2 rings (SSSR count). The number of anilines is 1. The summed E-state index contributed by atoms with van der Waals surface area (Å²) in [5, 5.41) is 17.5. The first kappa shape index (κ1) is 11.2. The van der Waals surface area contributed by atoms with Gasteiger partial charge in [-0.2, -0.15) is 15.5 Å². The van der Waals surface area contributed by atoms with E-state index in [9.17, 15) is 0 Å². The topological polar surface area (TPSA) is 85.4 Å². The maximum Gasteiger partial charge on any atom is 0.140 e. The van der Waals surface area contributed by atoms with E-state index in [0.717, 1.165) is 11.4 Å². The Morgan fingerprint density at radius 2 is 2.12 bits per heavy atom. The van der Waals surface area contributed by atoms with Crippen molar-refractivity contribution in [1.29, 1.82) is 5.26 Å². The number of nitrogens with zero attached hydrogens (tertiary/aromatic N) is 5. The quantitative estimate of drug-likeness (QED) is 0.824. The fraction of sp³-hybridized carbons (Fsp3) is 0.364. The lowest BCUT2D eigenvalue weighted by atomic mass is 10.3. The van der Waals surface area contributed by atoms with Crippen LogP contribution in [0.25, 0.3) is 0 Å². The van der Waals surface area contributed by atoms with Crippen molar-refractivity contribution < 1.29 is 0 Å². The fourth-order valence-corrected chi connectivity index (χ4v) is 1.72. The molecule has 0 aromatic carbocycles. The van der Waals surface area contributed by atoms with Crippen molar-refractivity contribution in [3.8, 4) is 6.07 Å². The van der Waals surface area contributed by atoms with E-state index in [1.165, 1.54) is 0 Å². The molecule has 0 aliphatic rings. The Kier molecular flexibility index (Phi) is 2.60. The number of aromatic nitrogens is 4. The average molecular weight is 230 g/mol. The lowest BCUT2D eigenvalue weighted by molar-refractivity contribution is 0.649. The number of nitriles is 1. The summed E-state index contributed by atoms with van der Waals surface area (Å²) < 4.78 is 3.41. The molecule has 2 aromatic heterocycles. The van der Waals surface area contributed by atoms with Gasteiger partial charge in [0.25, 0.3) is 0 Å². The zero-order valence-corrected chi connectivity index (χ0v) is 10.1. The highest BCUT2D eigenvalue weighted by atomic mass is 15.3. The minimum Gasteiger partial charge on any atom is -0.383 e. The predicted molar refractivity (Wildman–Crippen MR) is 63.1 cm³/mol. The van der Waals surface area contributed by atoms with Crippen LogP contribution in [0, 0.1) is 25.2 Å². The van der Waals surface area contributed by atoms with E-state index in [1.807, 2.05) is 20.0 Å². The first-order valence-electron chi connectivity index (χ1n) is 5.25. The Morgan fingerprint density at radius 1 is 1.41 bits per heavy atom. The van der Waals surface area contributed by atoms with Crippen molar-refractivity contribution in [2.45, 2.75) is 20.4 Å². The molecule has 0 radical (unpaired) electrons.